The first kappa shape index (κ1) is 19.2. The second kappa shape index (κ2) is 7.42. The normalized spacial score (nSPS) is 11.1. The molecule has 0 saturated heterocycles. The van der Waals surface area contributed by atoms with Crippen LogP contribution in [0.2, 0.25) is 0 Å². The van der Waals surface area contributed by atoms with Gasteiger partial charge in [0.15, 0.2) is 6.61 Å². The van der Waals surface area contributed by atoms with E-state index in [4.69, 9.17) is 4.74 Å². The van der Waals surface area contributed by atoms with Gasteiger partial charge in [-0.1, -0.05) is 6.07 Å². The van der Waals surface area contributed by atoms with E-state index in [-0.39, 0.29) is 17.1 Å². The summed E-state index contributed by atoms with van der Waals surface area (Å²) >= 11 is 0. The van der Waals surface area contributed by atoms with Crippen molar-refractivity contribution >= 4 is 17.3 Å². The number of carbonyl (C=O) groups is 1. The van der Waals surface area contributed by atoms with E-state index in [2.05, 4.69) is 5.32 Å². The van der Waals surface area contributed by atoms with Crippen molar-refractivity contribution < 1.29 is 27.6 Å². The summed E-state index contributed by atoms with van der Waals surface area (Å²) in [6.07, 6.45) is -4.46. The zero-order valence-corrected chi connectivity index (χ0v) is 13.9. The fraction of sp³-hybridized carbons (Fsp3) is 0.235. The van der Waals surface area contributed by atoms with E-state index in [0.29, 0.717) is 5.56 Å². The third-order valence-corrected chi connectivity index (χ3v) is 3.73. The quantitative estimate of drug-likeness (QED) is 0.632. The van der Waals surface area contributed by atoms with Crippen molar-refractivity contribution in [2.45, 2.75) is 20.0 Å². The van der Waals surface area contributed by atoms with Crippen molar-refractivity contribution in [2.24, 2.45) is 0 Å². The SMILES string of the molecule is Cc1ccc([N+](=O)[O-])c(NC(=O)COc2ccc(C(F)(F)F)cc2)c1C. The van der Waals surface area contributed by atoms with E-state index in [1.54, 1.807) is 19.9 Å². The summed E-state index contributed by atoms with van der Waals surface area (Å²) in [5.41, 5.74) is 0.281. The summed E-state index contributed by atoms with van der Waals surface area (Å²) in [5.74, 6) is -0.592. The van der Waals surface area contributed by atoms with E-state index in [0.717, 1.165) is 29.8 Å². The Labute approximate surface area is 146 Å². The highest BCUT2D eigenvalue weighted by Crippen LogP contribution is 2.31. The molecule has 0 aliphatic carbocycles. The lowest BCUT2D eigenvalue weighted by atomic mass is 10.1. The number of aryl methyl sites for hydroxylation is 1. The lowest BCUT2D eigenvalue weighted by molar-refractivity contribution is -0.384. The van der Waals surface area contributed by atoms with E-state index in [9.17, 15) is 28.1 Å². The number of amides is 1. The number of hydrogen-bond acceptors (Lipinski definition) is 4. The maximum absolute atomic E-state index is 12.5. The van der Waals surface area contributed by atoms with Gasteiger partial charge in [0.05, 0.1) is 10.5 Å². The first-order valence-corrected chi connectivity index (χ1v) is 7.44. The molecule has 0 aliphatic rings. The number of nitro benzene ring substituents is 1. The van der Waals surface area contributed by atoms with Crippen molar-refractivity contribution in [1.29, 1.82) is 0 Å². The summed E-state index contributed by atoms with van der Waals surface area (Å²) in [5, 5.41) is 13.5. The third-order valence-electron chi connectivity index (χ3n) is 3.73. The van der Waals surface area contributed by atoms with Crippen LogP contribution in [0.3, 0.4) is 0 Å². The Morgan fingerprint density at radius 2 is 1.77 bits per heavy atom. The zero-order valence-electron chi connectivity index (χ0n) is 13.9. The number of hydrogen-bond donors (Lipinski definition) is 1. The number of halogens is 3. The second-order valence-electron chi connectivity index (χ2n) is 5.52. The number of rotatable bonds is 5. The first-order chi connectivity index (χ1) is 12.1. The molecule has 9 heteroatoms. The number of nitrogens with one attached hydrogen (secondary N) is 1. The van der Waals surface area contributed by atoms with Gasteiger partial charge in [0, 0.05) is 6.07 Å². The van der Waals surface area contributed by atoms with Crippen LogP contribution >= 0.6 is 0 Å². The summed E-state index contributed by atoms with van der Waals surface area (Å²) in [6.45, 7) is 2.87. The Hall–Kier alpha value is -3.10. The van der Waals surface area contributed by atoms with Gasteiger partial charge in [-0.25, -0.2) is 0 Å². The number of nitrogens with zero attached hydrogens (tertiary/aromatic N) is 1. The predicted molar refractivity (Wildman–Crippen MR) is 88.1 cm³/mol. The topological polar surface area (TPSA) is 81.5 Å². The molecule has 0 saturated carbocycles. The molecule has 0 heterocycles. The molecular formula is C17H15F3N2O4. The van der Waals surface area contributed by atoms with Crippen molar-refractivity contribution in [3.63, 3.8) is 0 Å². The van der Waals surface area contributed by atoms with Gasteiger partial charge in [-0.15, -0.1) is 0 Å². The van der Waals surface area contributed by atoms with Gasteiger partial charge in [-0.3, -0.25) is 14.9 Å². The smallest absolute Gasteiger partial charge is 0.416 e. The number of anilines is 1. The highest BCUT2D eigenvalue weighted by Gasteiger charge is 2.30. The molecule has 138 valence electrons. The van der Waals surface area contributed by atoms with Crippen LogP contribution in [0.4, 0.5) is 24.5 Å². The van der Waals surface area contributed by atoms with Crippen LogP contribution in [0.5, 0.6) is 5.75 Å². The molecule has 26 heavy (non-hydrogen) atoms. The molecule has 1 amide bonds. The Morgan fingerprint density at radius 1 is 1.15 bits per heavy atom. The van der Waals surface area contributed by atoms with Gasteiger partial charge >= 0.3 is 6.18 Å². The fourth-order valence-electron chi connectivity index (χ4n) is 2.18. The van der Waals surface area contributed by atoms with E-state index < -0.39 is 29.2 Å². The number of ether oxygens (including phenoxy) is 1. The van der Waals surface area contributed by atoms with Gasteiger partial charge in [0.2, 0.25) is 0 Å². The Morgan fingerprint density at radius 3 is 2.31 bits per heavy atom. The lowest BCUT2D eigenvalue weighted by Gasteiger charge is -2.12. The molecule has 0 unspecified atom stereocenters. The molecule has 0 bridgehead atoms. The van der Waals surface area contributed by atoms with Crippen LogP contribution in [-0.2, 0) is 11.0 Å². The van der Waals surface area contributed by atoms with Gasteiger partial charge < -0.3 is 10.1 Å². The average Bonchev–Trinajstić information content (AvgIpc) is 2.56. The monoisotopic (exact) mass is 368 g/mol. The highest BCUT2D eigenvalue weighted by molar-refractivity contribution is 5.95. The molecule has 0 fully saturated rings. The van der Waals surface area contributed by atoms with E-state index in [1.165, 1.54) is 6.07 Å². The minimum absolute atomic E-state index is 0.0658. The van der Waals surface area contributed by atoms with Crippen molar-refractivity contribution in [3.05, 3.63) is 63.2 Å². The predicted octanol–water partition coefficient (Wildman–Crippen LogP) is 4.25. The molecular weight excluding hydrogens is 353 g/mol. The minimum Gasteiger partial charge on any atom is -0.484 e. The van der Waals surface area contributed by atoms with Crippen molar-refractivity contribution in [2.75, 3.05) is 11.9 Å². The number of alkyl halides is 3. The average molecular weight is 368 g/mol. The molecule has 2 aromatic rings. The molecule has 0 atom stereocenters. The molecule has 2 aromatic carbocycles. The Balaban J connectivity index is 2.06. The van der Waals surface area contributed by atoms with Crippen LogP contribution in [0.25, 0.3) is 0 Å². The largest absolute Gasteiger partial charge is 0.484 e. The highest BCUT2D eigenvalue weighted by atomic mass is 19.4. The van der Waals surface area contributed by atoms with E-state index in [1.807, 2.05) is 0 Å². The maximum Gasteiger partial charge on any atom is 0.416 e. The molecule has 2 rings (SSSR count). The summed E-state index contributed by atoms with van der Waals surface area (Å²) in [7, 11) is 0. The number of carbonyl (C=O) groups excluding carboxylic acids is 1. The van der Waals surface area contributed by atoms with Crippen LogP contribution in [-0.4, -0.2) is 17.4 Å². The van der Waals surface area contributed by atoms with Crippen LogP contribution in [0.15, 0.2) is 36.4 Å². The van der Waals surface area contributed by atoms with Crippen LogP contribution in [0.1, 0.15) is 16.7 Å². The Bertz CT molecular complexity index is 833. The standard InChI is InChI=1S/C17H15F3N2O4/c1-10-3-8-14(22(24)25)16(11(10)2)21-15(23)9-26-13-6-4-12(5-7-13)17(18,19)20/h3-8H,9H2,1-2H3,(H,21,23). The lowest BCUT2D eigenvalue weighted by Crippen LogP contribution is -2.21. The number of benzene rings is 2. The van der Waals surface area contributed by atoms with Crippen LogP contribution < -0.4 is 10.1 Å². The Kier molecular flexibility index (Phi) is 5.49. The molecule has 0 aromatic heterocycles. The molecule has 6 nitrogen and oxygen atoms in total. The second-order valence-corrected chi connectivity index (χ2v) is 5.52. The van der Waals surface area contributed by atoms with Gasteiger partial charge in [0.1, 0.15) is 11.4 Å². The molecule has 0 radical (unpaired) electrons. The van der Waals surface area contributed by atoms with Gasteiger partial charge in [-0.05, 0) is 49.2 Å². The summed E-state index contributed by atoms with van der Waals surface area (Å²) in [6, 6.07) is 6.72. The number of nitro groups is 1. The van der Waals surface area contributed by atoms with Gasteiger partial charge in [-0.2, -0.15) is 13.2 Å². The van der Waals surface area contributed by atoms with Gasteiger partial charge in [0.25, 0.3) is 11.6 Å². The maximum atomic E-state index is 12.5. The first-order valence-electron chi connectivity index (χ1n) is 7.44. The summed E-state index contributed by atoms with van der Waals surface area (Å²) in [4.78, 5) is 22.5. The third kappa shape index (κ3) is 4.50. The van der Waals surface area contributed by atoms with Crippen molar-refractivity contribution in [1.82, 2.24) is 0 Å². The van der Waals surface area contributed by atoms with E-state index >= 15 is 0 Å². The molecule has 0 aliphatic heterocycles. The fourth-order valence-corrected chi connectivity index (χ4v) is 2.18. The zero-order chi connectivity index (χ0) is 19.5. The summed E-state index contributed by atoms with van der Waals surface area (Å²) < 4.78 is 42.6. The molecule has 0 spiro atoms. The van der Waals surface area contributed by atoms with Crippen LogP contribution in [0, 0.1) is 24.0 Å². The molecule has 1 N–H and O–H groups in total. The minimum atomic E-state index is -4.46. The van der Waals surface area contributed by atoms with Crippen molar-refractivity contribution in [3.8, 4) is 5.75 Å².